The molecule has 0 saturated carbocycles. The minimum absolute atomic E-state index is 0.232. The molecular weight excluding hydrogens is 250 g/mol. The van der Waals surface area contributed by atoms with Crippen molar-refractivity contribution in [2.45, 2.75) is 45.7 Å². The average Bonchev–Trinajstić information content (AvgIpc) is 2.89. The molecule has 0 aliphatic heterocycles. The Kier molecular flexibility index (Phi) is 4.43. The summed E-state index contributed by atoms with van der Waals surface area (Å²) in [5.41, 5.74) is 2.97. The SMILES string of the molecule is CC(NCc1ccc(C(C)(C)C)cc1)c1cccs1. The minimum Gasteiger partial charge on any atom is -0.305 e. The monoisotopic (exact) mass is 273 g/mol. The van der Waals surface area contributed by atoms with Gasteiger partial charge >= 0.3 is 0 Å². The molecule has 2 rings (SSSR count). The zero-order valence-electron chi connectivity index (χ0n) is 12.2. The highest BCUT2D eigenvalue weighted by molar-refractivity contribution is 7.10. The van der Waals surface area contributed by atoms with Crippen LogP contribution in [0, 0.1) is 0 Å². The van der Waals surface area contributed by atoms with Crippen molar-refractivity contribution in [1.29, 1.82) is 0 Å². The summed E-state index contributed by atoms with van der Waals surface area (Å²) < 4.78 is 0. The van der Waals surface area contributed by atoms with E-state index < -0.39 is 0 Å². The van der Waals surface area contributed by atoms with Crippen molar-refractivity contribution in [3.63, 3.8) is 0 Å². The number of benzene rings is 1. The van der Waals surface area contributed by atoms with Crippen molar-refractivity contribution in [2.24, 2.45) is 0 Å². The molecule has 0 saturated heterocycles. The van der Waals surface area contributed by atoms with E-state index >= 15 is 0 Å². The van der Waals surface area contributed by atoms with Crippen LogP contribution >= 0.6 is 11.3 Å². The van der Waals surface area contributed by atoms with E-state index in [1.807, 2.05) is 11.3 Å². The fourth-order valence-corrected chi connectivity index (χ4v) is 2.79. The summed E-state index contributed by atoms with van der Waals surface area (Å²) in [5, 5.41) is 5.70. The Morgan fingerprint density at radius 3 is 2.32 bits per heavy atom. The molecule has 0 radical (unpaired) electrons. The molecule has 1 nitrogen and oxygen atoms in total. The summed E-state index contributed by atoms with van der Waals surface area (Å²) in [6, 6.07) is 13.7. The largest absolute Gasteiger partial charge is 0.305 e. The summed E-state index contributed by atoms with van der Waals surface area (Å²) >= 11 is 1.81. The average molecular weight is 273 g/mol. The van der Waals surface area contributed by atoms with Crippen LogP contribution < -0.4 is 5.32 Å². The van der Waals surface area contributed by atoms with Crippen LogP contribution in [-0.2, 0) is 12.0 Å². The van der Waals surface area contributed by atoms with Gasteiger partial charge in [-0.15, -0.1) is 11.3 Å². The van der Waals surface area contributed by atoms with E-state index in [2.05, 4.69) is 74.8 Å². The van der Waals surface area contributed by atoms with E-state index in [-0.39, 0.29) is 5.41 Å². The van der Waals surface area contributed by atoms with Crippen LogP contribution in [0.1, 0.15) is 49.7 Å². The lowest BCUT2D eigenvalue weighted by atomic mass is 9.87. The predicted molar refractivity (Wildman–Crippen MR) is 84.7 cm³/mol. The van der Waals surface area contributed by atoms with Crippen molar-refractivity contribution in [3.05, 3.63) is 57.8 Å². The molecule has 0 aliphatic rings. The van der Waals surface area contributed by atoms with E-state index in [0.717, 1.165) is 6.54 Å². The zero-order chi connectivity index (χ0) is 13.9. The summed E-state index contributed by atoms with van der Waals surface area (Å²) in [7, 11) is 0. The van der Waals surface area contributed by atoms with Crippen molar-refractivity contribution in [2.75, 3.05) is 0 Å². The van der Waals surface area contributed by atoms with Crippen LogP contribution in [-0.4, -0.2) is 0 Å². The second-order valence-corrected chi connectivity index (χ2v) is 7.04. The molecular formula is C17H23NS. The lowest BCUT2D eigenvalue weighted by Crippen LogP contribution is -2.17. The molecule has 102 valence electrons. The molecule has 0 fully saturated rings. The molecule has 0 amide bonds. The van der Waals surface area contributed by atoms with Crippen molar-refractivity contribution < 1.29 is 0 Å². The molecule has 1 heterocycles. The van der Waals surface area contributed by atoms with Crippen LogP contribution in [0.25, 0.3) is 0 Å². The van der Waals surface area contributed by atoms with Gasteiger partial charge in [0.1, 0.15) is 0 Å². The smallest absolute Gasteiger partial charge is 0.0388 e. The van der Waals surface area contributed by atoms with Crippen molar-refractivity contribution in [1.82, 2.24) is 5.32 Å². The molecule has 1 aromatic heterocycles. The van der Waals surface area contributed by atoms with E-state index in [0.29, 0.717) is 6.04 Å². The second-order valence-electron chi connectivity index (χ2n) is 6.06. The van der Waals surface area contributed by atoms with Gasteiger partial charge in [0.25, 0.3) is 0 Å². The van der Waals surface area contributed by atoms with Gasteiger partial charge in [-0.1, -0.05) is 51.1 Å². The van der Waals surface area contributed by atoms with Crippen molar-refractivity contribution >= 4 is 11.3 Å². The molecule has 2 heteroatoms. The summed E-state index contributed by atoms with van der Waals surface area (Å²) in [5.74, 6) is 0. The predicted octanol–water partition coefficient (Wildman–Crippen LogP) is 4.90. The van der Waals surface area contributed by atoms with E-state index in [1.54, 1.807) is 0 Å². The lowest BCUT2D eigenvalue weighted by molar-refractivity contribution is 0.578. The first-order valence-corrected chi connectivity index (χ1v) is 7.71. The zero-order valence-corrected chi connectivity index (χ0v) is 13.1. The molecule has 0 bridgehead atoms. The number of hydrogen-bond acceptors (Lipinski definition) is 2. The Bertz CT molecular complexity index is 491. The number of rotatable bonds is 4. The number of nitrogens with one attached hydrogen (secondary N) is 1. The third kappa shape index (κ3) is 3.92. The van der Waals surface area contributed by atoms with Gasteiger partial charge in [0, 0.05) is 17.5 Å². The topological polar surface area (TPSA) is 12.0 Å². The maximum absolute atomic E-state index is 3.57. The third-order valence-electron chi connectivity index (χ3n) is 3.40. The van der Waals surface area contributed by atoms with Crippen LogP contribution in [0.5, 0.6) is 0 Å². The minimum atomic E-state index is 0.232. The Morgan fingerprint density at radius 2 is 1.79 bits per heavy atom. The fourth-order valence-electron chi connectivity index (χ4n) is 2.03. The molecule has 19 heavy (non-hydrogen) atoms. The highest BCUT2D eigenvalue weighted by Crippen LogP contribution is 2.23. The maximum atomic E-state index is 3.57. The Hall–Kier alpha value is -1.12. The van der Waals surface area contributed by atoms with Gasteiger partial charge in [-0.25, -0.2) is 0 Å². The number of hydrogen-bond donors (Lipinski definition) is 1. The van der Waals surface area contributed by atoms with Crippen molar-refractivity contribution in [3.8, 4) is 0 Å². The molecule has 1 aromatic carbocycles. The quantitative estimate of drug-likeness (QED) is 0.835. The van der Waals surface area contributed by atoms with Crippen LogP contribution in [0.3, 0.4) is 0 Å². The molecule has 1 unspecified atom stereocenters. The highest BCUT2D eigenvalue weighted by atomic mass is 32.1. The van der Waals surface area contributed by atoms with Crippen LogP contribution in [0.4, 0.5) is 0 Å². The van der Waals surface area contributed by atoms with Crippen LogP contribution in [0.15, 0.2) is 41.8 Å². The molecule has 1 atom stereocenters. The van der Waals surface area contributed by atoms with E-state index in [9.17, 15) is 0 Å². The van der Waals surface area contributed by atoms with Gasteiger partial charge in [0.2, 0.25) is 0 Å². The van der Waals surface area contributed by atoms with Gasteiger partial charge in [-0.05, 0) is 34.9 Å². The van der Waals surface area contributed by atoms with Gasteiger partial charge in [0.05, 0.1) is 0 Å². The summed E-state index contributed by atoms with van der Waals surface area (Å²) in [6.07, 6.45) is 0. The highest BCUT2D eigenvalue weighted by Gasteiger charge is 2.13. The van der Waals surface area contributed by atoms with Crippen LogP contribution in [0.2, 0.25) is 0 Å². The maximum Gasteiger partial charge on any atom is 0.0388 e. The Labute approximate surface area is 120 Å². The summed E-state index contributed by atoms with van der Waals surface area (Å²) in [6.45, 7) is 9.89. The first-order valence-electron chi connectivity index (χ1n) is 6.83. The third-order valence-corrected chi connectivity index (χ3v) is 4.46. The lowest BCUT2D eigenvalue weighted by Gasteiger charge is -2.19. The normalized spacial score (nSPS) is 13.5. The van der Waals surface area contributed by atoms with E-state index in [1.165, 1.54) is 16.0 Å². The van der Waals surface area contributed by atoms with Gasteiger partial charge < -0.3 is 5.32 Å². The fraction of sp³-hybridized carbons (Fsp3) is 0.412. The molecule has 0 aliphatic carbocycles. The molecule has 0 spiro atoms. The summed E-state index contributed by atoms with van der Waals surface area (Å²) in [4.78, 5) is 1.39. The standard InChI is InChI=1S/C17H23NS/c1-13(16-6-5-11-19-16)18-12-14-7-9-15(10-8-14)17(2,3)4/h5-11,13,18H,12H2,1-4H3. The van der Waals surface area contributed by atoms with Gasteiger partial charge in [0.15, 0.2) is 0 Å². The molecule has 2 aromatic rings. The first kappa shape index (κ1) is 14.3. The van der Waals surface area contributed by atoms with E-state index in [4.69, 9.17) is 0 Å². The van der Waals surface area contributed by atoms with Gasteiger partial charge in [-0.2, -0.15) is 0 Å². The Balaban J connectivity index is 1.93. The first-order chi connectivity index (χ1) is 8.97. The number of thiophene rings is 1. The molecule has 1 N–H and O–H groups in total. The Morgan fingerprint density at radius 1 is 1.11 bits per heavy atom. The van der Waals surface area contributed by atoms with Gasteiger partial charge in [-0.3, -0.25) is 0 Å². The second kappa shape index (κ2) is 5.89.